The van der Waals surface area contributed by atoms with Crippen LogP contribution in [-0.4, -0.2) is 20.9 Å². The normalized spacial score (nSPS) is 10.4. The predicted molar refractivity (Wildman–Crippen MR) is 71.6 cm³/mol. The Hall–Kier alpha value is -1.24. The van der Waals surface area contributed by atoms with E-state index in [-0.39, 0.29) is 21.9 Å². The lowest BCUT2D eigenvalue weighted by Gasteiger charge is -2.06. The maximum absolute atomic E-state index is 12.0. The van der Waals surface area contributed by atoms with Crippen molar-refractivity contribution in [3.8, 4) is 0 Å². The Morgan fingerprint density at radius 1 is 1.28 bits per heavy atom. The minimum atomic E-state index is -0.322. The molecule has 0 saturated heterocycles. The van der Waals surface area contributed by atoms with Crippen LogP contribution in [0.3, 0.4) is 0 Å². The summed E-state index contributed by atoms with van der Waals surface area (Å²) in [6, 6.07) is 0. The molecule has 0 bridgehead atoms. The van der Waals surface area contributed by atoms with E-state index in [1.165, 1.54) is 17.7 Å². The van der Waals surface area contributed by atoms with Gasteiger partial charge in [0, 0.05) is 0 Å². The number of hydrogen-bond acceptors (Lipinski definition) is 5. The number of anilines is 1. The molecule has 5 nitrogen and oxygen atoms in total. The third-order valence-electron chi connectivity index (χ3n) is 2.10. The van der Waals surface area contributed by atoms with E-state index in [0.29, 0.717) is 10.6 Å². The van der Waals surface area contributed by atoms with Gasteiger partial charge in [0.05, 0.1) is 10.7 Å². The third-order valence-corrected chi connectivity index (χ3v) is 3.75. The second-order valence-corrected chi connectivity index (χ2v) is 5.35. The summed E-state index contributed by atoms with van der Waals surface area (Å²) in [5.41, 5.74) is 0.871. The Labute approximate surface area is 117 Å². The molecule has 0 aliphatic carbocycles. The first kappa shape index (κ1) is 13.2. The Kier molecular flexibility index (Phi) is 3.79. The first-order valence-corrected chi connectivity index (χ1v) is 6.47. The molecular formula is C10H8Cl2N4OS. The van der Waals surface area contributed by atoms with E-state index in [0.717, 1.165) is 5.01 Å². The Balaban J connectivity index is 2.30. The van der Waals surface area contributed by atoms with Crippen molar-refractivity contribution >= 4 is 46.1 Å². The summed E-state index contributed by atoms with van der Waals surface area (Å²) in [5.74, 6) is -0.322. The summed E-state index contributed by atoms with van der Waals surface area (Å²) in [4.78, 5) is 24.2. The van der Waals surface area contributed by atoms with Gasteiger partial charge in [-0.1, -0.05) is 23.2 Å². The minimum Gasteiger partial charge on any atom is -0.316 e. The van der Waals surface area contributed by atoms with Crippen molar-refractivity contribution in [1.29, 1.82) is 0 Å². The molecule has 94 valence electrons. The number of nitrogens with zero attached hydrogens (tertiary/aromatic N) is 3. The molecule has 0 radical (unpaired) electrons. The first-order valence-electron chi connectivity index (χ1n) is 4.90. The predicted octanol–water partition coefficient (Wildman–Crippen LogP) is 3.11. The van der Waals surface area contributed by atoms with Crippen LogP contribution in [0.15, 0.2) is 6.33 Å². The number of amides is 1. The average Bonchev–Trinajstić information content (AvgIpc) is 2.63. The summed E-state index contributed by atoms with van der Waals surface area (Å²) in [6.07, 6.45) is 1.22. The lowest BCUT2D eigenvalue weighted by Crippen LogP contribution is -2.13. The molecule has 0 aliphatic rings. The summed E-state index contributed by atoms with van der Waals surface area (Å²) in [6.45, 7) is 3.60. The molecular weight excluding hydrogens is 295 g/mol. The van der Waals surface area contributed by atoms with E-state index in [2.05, 4.69) is 20.3 Å². The molecule has 18 heavy (non-hydrogen) atoms. The van der Waals surface area contributed by atoms with Crippen molar-refractivity contribution in [1.82, 2.24) is 15.0 Å². The van der Waals surface area contributed by atoms with E-state index in [1.807, 2.05) is 6.92 Å². The summed E-state index contributed by atoms with van der Waals surface area (Å²) in [7, 11) is 0. The van der Waals surface area contributed by atoms with Crippen LogP contribution in [0.2, 0.25) is 10.3 Å². The second kappa shape index (κ2) is 5.17. The van der Waals surface area contributed by atoms with Crippen LogP contribution >= 0.6 is 34.5 Å². The van der Waals surface area contributed by atoms with Crippen molar-refractivity contribution in [2.45, 2.75) is 13.8 Å². The van der Waals surface area contributed by atoms with Gasteiger partial charge in [0.15, 0.2) is 10.3 Å². The standard InChI is InChI=1S/C10H8Cl2N4OS/c1-4-7(18-5(2)15-4)10(17)16-6-8(11)13-3-14-9(6)12/h3H,1-2H3,(H,16,17). The zero-order valence-electron chi connectivity index (χ0n) is 9.49. The van der Waals surface area contributed by atoms with Crippen molar-refractivity contribution < 1.29 is 4.79 Å². The molecule has 2 heterocycles. The lowest BCUT2D eigenvalue weighted by atomic mass is 10.3. The van der Waals surface area contributed by atoms with Crippen LogP contribution in [0.25, 0.3) is 0 Å². The quantitative estimate of drug-likeness (QED) is 0.866. The molecule has 0 fully saturated rings. The van der Waals surface area contributed by atoms with Gasteiger partial charge in [-0.05, 0) is 13.8 Å². The van der Waals surface area contributed by atoms with Gasteiger partial charge in [-0.25, -0.2) is 15.0 Å². The smallest absolute Gasteiger partial charge is 0.267 e. The number of carbonyl (C=O) groups excluding carboxylic acids is 1. The molecule has 0 spiro atoms. The van der Waals surface area contributed by atoms with Gasteiger partial charge in [-0.3, -0.25) is 4.79 Å². The zero-order chi connectivity index (χ0) is 13.3. The summed E-state index contributed by atoms with van der Waals surface area (Å²) >= 11 is 13.0. The van der Waals surface area contributed by atoms with Crippen LogP contribution in [0.4, 0.5) is 5.69 Å². The molecule has 2 aromatic rings. The highest BCUT2D eigenvalue weighted by Crippen LogP contribution is 2.27. The molecule has 0 aromatic carbocycles. The number of thiazole rings is 1. The molecule has 8 heteroatoms. The topological polar surface area (TPSA) is 67.8 Å². The number of hydrogen-bond donors (Lipinski definition) is 1. The van der Waals surface area contributed by atoms with Gasteiger partial charge in [0.25, 0.3) is 5.91 Å². The molecule has 1 amide bonds. The van der Waals surface area contributed by atoms with Crippen LogP contribution in [0.5, 0.6) is 0 Å². The fourth-order valence-corrected chi connectivity index (χ4v) is 2.58. The van der Waals surface area contributed by atoms with E-state index >= 15 is 0 Å². The van der Waals surface area contributed by atoms with Crippen LogP contribution in [0.1, 0.15) is 20.4 Å². The molecule has 0 saturated carbocycles. The van der Waals surface area contributed by atoms with Crippen LogP contribution in [-0.2, 0) is 0 Å². The molecule has 0 aliphatic heterocycles. The molecule has 0 atom stereocenters. The van der Waals surface area contributed by atoms with Gasteiger partial charge in [-0.2, -0.15) is 0 Å². The highest BCUT2D eigenvalue weighted by Gasteiger charge is 2.17. The van der Waals surface area contributed by atoms with Crippen LogP contribution in [0, 0.1) is 13.8 Å². The third kappa shape index (κ3) is 2.60. The minimum absolute atomic E-state index is 0.0993. The van der Waals surface area contributed by atoms with Crippen molar-refractivity contribution in [2.75, 3.05) is 5.32 Å². The number of aryl methyl sites for hydroxylation is 2. The fraction of sp³-hybridized carbons (Fsp3) is 0.200. The highest BCUT2D eigenvalue weighted by atomic mass is 35.5. The van der Waals surface area contributed by atoms with E-state index < -0.39 is 0 Å². The largest absolute Gasteiger partial charge is 0.316 e. The van der Waals surface area contributed by atoms with Crippen molar-refractivity contribution in [2.24, 2.45) is 0 Å². The van der Waals surface area contributed by atoms with Gasteiger partial charge < -0.3 is 5.32 Å². The Morgan fingerprint density at radius 2 is 1.89 bits per heavy atom. The Bertz CT molecular complexity index is 594. The van der Waals surface area contributed by atoms with Gasteiger partial charge in [-0.15, -0.1) is 11.3 Å². The summed E-state index contributed by atoms with van der Waals surface area (Å²) in [5, 5.41) is 3.61. The van der Waals surface area contributed by atoms with Crippen molar-refractivity contribution in [3.05, 3.63) is 32.2 Å². The number of carbonyl (C=O) groups is 1. The average molecular weight is 303 g/mol. The highest BCUT2D eigenvalue weighted by molar-refractivity contribution is 7.13. The van der Waals surface area contributed by atoms with Crippen LogP contribution < -0.4 is 5.32 Å². The SMILES string of the molecule is Cc1nc(C)c(C(=O)Nc2c(Cl)ncnc2Cl)s1. The zero-order valence-corrected chi connectivity index (χ0v) is 11.8. The van der Waals surface area contributed by atoms with Gasteiger partial charge in [0.1, 0.15) is 16.9 Å². The van der Waals surface area contributed by atoms with Crippen molar-refractivity contribution in [3.63, 3.8) is 0 Å². The second-order valence-electron chi connectivity index (χ2n) is 3.43. The number of halogens is 2. The first-order chi connectivity index (χ1) is 8.49. The maximum atomic E-state index is 12.0. The molecule has 0 unspecified atom stereocenters. The number of nitrogens with one attached hydrogen (secondary N) is 1. The number of rotatable bonds is 2. The summed E-state index contributed by atoms with van der Waals surface area (Å²) < 4.78 is 0. The van der Waals surface area contributed by atoms with E-state index in [1.54, 1.807) is 6.92 Å². The lowest BCUT2D eigenvalue weighted by molar-refractivity contribution is 0.102. The molecule has 2 rings (SSSR count). The molecule has 2 aromatic heterocycles. The van der Waals surface area contributed by atoms with E-state index in [4.69, 9.17) is 23.2 Å². The maximum Gasteiger partial charge on any atom is 0.267 e. The monoisotopic (exact) mass is 302 g/mol. The van der Waals surface area contributed by atoms with Gasteiger partial charge >= 0.3 is 0 Å². The Morgan fingerprint density at radius 3 is 2.39 bits per heavy atom. The fourth-order valence-electron chi connectivity index (χ4n) is 1.36. The number of aromatic nitrogens is 3. The van der Waals surface area contributed by atoms with E-state index in [9.17, 15) is 4.79 Å². The van der Waals surface area contributed by atoms with Gasteiger partial charge in [0.2, 0.25) is 0 Å². The molecule has 1 N–H and O–H groups in total.